The minimum absolute atomic E-state index is 0.249. The van der Waals surface area contributed by atoms with E-state index in [2.05, 4.69) is 28.8 Å². The van der Waals surface area contributed by atoms with Gasteiger partial charge in [0.15, 0.2) is 5.16 Å². The highest BCUT2D eigenvalue weighted by Crippen LogP contribution is 2.33. The summed E-state index contributed by atoms with van der Waals surface area (Å²) in [5, 5.41) is 8.58. The van der Waals surface area contributed by atoms with Crippen LogP contribution in [0.5, 0.6) is 0 Å². The van der Waals surface area contributed by atoms with E-state index in [0.29, 0.717) is 16.8 Å². The number of benzene rings is 2. The Morgan fingerprint density at radius 2 is 1.82 bits per heavy atom. The summed E-state index contributed by atoms with van der Waals surface area (Å²) in [6, 6.07) is 14.4. The van der Waals surface area contributed by atoms with Crippen molar-refractivity contribution in [2.45, 2.75) is 41.6 Å². The molecule has 0 bridgehead atoms. The molecule has 1 aromatic heterocycles. The molecule has 0 amide bonds. The smallest absolute Gasteiger partial charge is 0.261 e. The second kappa shape index (κ2) is 8.79. The Morgan fingerprint density at radius 1 is 1.11 bits per heavy atom. The van der Waals surface area contributed by atoms with Crippen molar-refractivity contribution in [1.82, 2.24) is 14.8 Å². The van der Waals surface area contributed by atoms with Gasteiger partial charge in [0.2, 0.25) is 0 Å². The quantitative estimate of drug-likeness (QED) is 0.590. The van der Waals surface area contributed by atoms with Crippen LogP contribution in [0.3, 0.4) is 0 Å². The first-order valence-corrected chi connectivity index (χ1v) is 11.4. The van der Waals surface area contributed by atoms with Crippen LogP contribution in [0, 0.1) is 5.92 Å². The molecule has 0 atom stereocenters. The molecule has 148 valence electrons. The van der Waals surface area contributed by atoms with Gasteiger partial charge in [-0.05, 0) is 60.4 Å². The van der Waals surface area contributed by atoms with Gasteiger partial charge in [-0.3, -0.25) is 4.72 Å². The van der Waals surface area contributed by atoms with Crippen LogP contribution in [-0.4, -0.2) is 23.2 Å². The third-order valence-electron chi connectivity index (χ3n) is 4.25. The highest BCUT2D eigenvalue weighted by atomic mass is 32.2. The number of aryl methyl sites for hydroxylation is 2. The zero-order valence-corrected chi connectivity index (χ0v) is 17.8. The lowest BCUT2D eigenvalue weighted by Crippen LogP contribution is -2.13. The standard InChI is InChI=1S/C20H24N4O2S2/c1-15(2)8-9-16-10-12-17(13-11-16)28(25,26)23-18-6-4-5-7-19(18)27-20-22-21-14-24(20)3/h4-7,10-15,23H,8-9H2,1-3H3. The number of anilines is 1. The van der Waals surface area contributed by atoms with Crippen molar-refractivity contribution in [3.63, 3.8) is 0 Å². The number of hydrogen-bond acceptors (Lipinski definition) is 5. The molecule has 2 aromatic carbocycles. The van der Waals surface area contributed by atoms with Crippen molar-refractivity contribution in [2.24, 2.45) is 13.0 Å². The number of rotatable bonds is 8. The fraction of sp³-hybridized carbons (Fsp3) is 0.300. The summed E-state index contributed by atoms with van der Waals surface area (Å²) in [7, 11) is -1.84. The van der Waals surface area contributed by atoms with Crippen LogP contribution in [0.25, 0.3) is 0 Å². The summed E-state index contributed by atoms with van der Waals surface area (Å²) >= 11 is 1.36. The third-order valence-corrected chi connectivity index (χ3v) is 6.76. The predicted molar refractivity (Wildman–Crippen MR) is 112 cm³/mol. The van der Waals surface area contributed by atoms with E-state index >= 15 is 0 Å². The molecule has 1 N–H and O–H groups in total. The van der Waals surface area contributed by atoms with E-state index in [1.165, 1.54) is 11.8 Å². The molecule has 0 aliphatic carbocycles. The molecule has 0 aliphatic heterocycles. The average molecular weight is 417 g/mol. The van der Waals surface area contributed by atoms with Gasteiger partial charge in [-0.2, -0.15) is 0 Å². The Balaban J connectivity index is 1.78. The van der Waals surface area contributed by atoms with Gasteiger partial charge in [-0.15, -0.1) is 10.2 Å². The Kier molecular flexibility index (Phi) is 6.41. The average Bonchev–Trinajstić information content (AvgIpc) is 3.06. The first-order valence-electron chi connectivity index (χ1n) is 9.08. The fourth-order valence-electron chi connectivity index (χ4n) is 2.60. The second-order valence-corrected chi connectivity index (χ2v) is 9.70. The van der Waals surface area contributed by atoms with Crippen LogP contribution in [0.4, 0.5) is 5.69 Å². The van der Waals surface area contributed by atoms with Crippen molar-refractivity contribution in [2.75, 3.05) is 4.72 Å². The van der Waals surface area contributed by atoms with Crippen molar-refractivity contribution in [1.29, 1.82) is 0 Å². The molecule has 8 heteroatoms. The molecule has 0 aliphatic rings. The van der Waals surface area contributed by atoms with Crippen LogP contribution in [0.2, 0.25) is 0 Å². The van der Waals surface area contributed by atoms with Gasteiger partial charge in [0.25, 0.3) is 10.0 Å². The molecular weight excluding hydrogens is 392 g/mol. The van der Waals surface area contributed by atoms with E-state index < -0.39 is 10.0 Å². The molecule has 3 aromatic rings. The van der Waals surface area contributed by atoms with Crippen molar-refractivity contribution in [3.8, 4) is 0 Å². The molecule has 0 saturated carbocycles. The van der Waals surface area contributed by atoms with Crippen LogP contribution in [0.15, 0.2) is 69.8 Å². The number of nitrogens with one attached hydrogen (secondary N) is 1. The Morgan fingerprint density at radius 3 is 2.46 bits per heavy atom. The maximum atomic E-state index is 12.8. The largest absolute Gasteiger partial charge is 0.311 e. The number of nitrogens with zero attached hydrogens (tertiary/aromatic N) is 3. The normalized spacial score (nSPS) is 11.7. The molecule has 6 nitrogen and oxygen atoms in total. The Hall–Kier alpha value is -2.32. The lowest BCUT2D eigenvalue weighted by atomic mass is 10.0. The Bertz CT molecular complexity index is 1030. The summed E-state index contributed by atoms with van der Waals surface area (Å²) in [6.45, 7) is 4.36. The van der Waals surface area contributed by atoms with E-state index in [1.54, 1.807) is 35.2 Å². The number of hydrogen-bond donors (Lipinski definition) is 1. The summed E-state index contributed by atoms with van der Waals surface area (Å²) in [5.74, 6) is 0.619. The highest BCUT2D eigenvalue weighted by Gasteiger charge is 2.17. The predicted octanol–water partition coefficient (Wildman–Crippen LogP) is 4.36. The second-order valence-electron chi connectivity index (χ2n) is 7.00. The monoisotopic (exact) mass is 416 g/mol. The van der Waals surface area contributed by atoms with E-state index in [1.807, 2.05) is 31.3 Å². The van der Waals surface area contributed by atoms with Crippen molar-refractivity contribution >= 4 is 27.5 Å². The minimum atomic E-state index is -3.68. The van der Waals surface area contributed by atoms with Crippen molar-refractivity contribution < 1.29 is 8.42 Å². The van der Waals surface area contributed by atoms with Crippen LogP contribution >= 0.6 is 11.8 Å². The van der Waals surface area contributed by atoms with E-state index in [4.69, 9.17) is 0 Å². The maximum absolute atomic E-state index is 12.8. The zero-order chi connectivity index (χ0) is 20.1. The number of sulfonamides is 1. The van der Waals surface area contributed by atoms with Gasteiger partial charge in [-0.1, -0.05) is 38.1 Å². The molecule has 1 heterocycles. The molecule has 0 saturated heterocycles. The minimum Gasteiger partial charge on any atom is -0.311 e. The summed E-state index contributed by atoms with van der Waals surface area (Å²) in [4.78, 5) is 1.01. The van der Waals surface area contributed by atoms with Crippen LogP contribution in [-0.2, 0) is 23.5 Å². The molecule has 0 unspecified atom stereocenters. The lowest BCUT2D eigenvalue weighted by molar-refractivity contribution is 0.586. The first-order chi connectivity index (χ1) is 13.3. The van der Waals surface area contributed by atoms with Gasteiger partial charge < -0.3 is 4.57 Å². The molecule has 0 fully saturated rings. The molecule has 0 radical (unpaired) electrons. The van der Waals surface area contributed by atoms with Gasteiger partial charge in [0.05, 0.1) is 10.6 Å². The van der Waals surface area contributed by atoms with Gasteiger partial charge in [0, 0.05) is 11.9 Å². The first kappa shape index (κ1) is 20.4. The fourth-order valence-corrected chi connectivity index (χ4v) is 4.59. The highest BCUT2D eigenvalue weighted by molar-refractivity contribution is 7.99. The molecule has 3 rings (SSSR count). The summed E-state index contributed by atoms with van der Waals surface area (Å²) < 4.78 is 30.2. The van der Waals surface area contributed by atoms with Crippen LogP contribution in [0.1, 0.15) is 25.8 Å². The van der Waals surface area contributed by atoms with E-state index in [9.17, 15) is 8.42 Å². The van der Waals surface area contributed by atoms with Crippen molar-refractivity contribution in [3.05, 3.63) is 60.4 Å². The molecular formula is C20H24N4O2S2. The van der Waals surface area contributed by atoms with Gasteiger partial charge in [-0.25, -0.2) is 8.42 Å². The topological polar surface area (TPSA) is 76.9 Å². The third kappa shape index (κ3) is 5.14. The lowest BCUT2D eigenvalue weighted by Gasteiger charge is -2.12. The van der Waals surface area contributed by atoms with E-state index in [-0.39, 0.29) is 4.90 Å². The molecule has 28 heavy (non-hydrogen) atoms. The van der Waals surface area contributed by atoms with Gasteiger partial charge in [0.1, 0.15) is 6.33 Å². The van der Waals surface area contributed by atoms with E-state index in [0.717, 1.165) is 23.3 Å². The molecule has 0 spiro atoms. The summed E-state index contributed by atoms with van der Waals surface area (Å²) in [5.41, 5.74) is 1.66. The van der Waals surface area contributed by atoms with Gasteiger partial charge >= 0.3 is 0 Å². The summed E-state index contributed by atoms with van der Waals surface area (Å²) in [6.07, 6.45) is 3.63. The Labute approximate surface area is 170 Å². The van der Waals surface area contributed by atoms with Crippen LogP contribution < -0.4 is 4.72 Å². The SMILES string of the molecule is CC(C)CCc1ccc(S(=O)(=O)Nc2ccccc2Sc2nncn2C)cc1. The number of aromatic nitrogens is 3. The number of para-hydroxylation sites is 1. The zero-order valence-electron chi connectivity index (χ0n) is 16.2. The maximum Gasteiger partial charge on any atom is 0.261 e.